The van der Waals surface area contributed by atoms with Gasteiger partial charge in [0.1, 0.15) is 0 Å². The Labute approximate surface area is 122 Å². The first-order chi connectivity index (χ1) is 8.54. The second-order valence-electron chi connectivity index (χ2n) is 4.72. The molecule has 1 unspecified atom stereocenters. The predicted molar refractivity (Wildman–Crippen MR) is 80.5 cm³/mol. The van der Waals surface area contributed by atoms with Crippen LogP contribution in [0.3, 0.4) is 0 Å². The van der Waals surface area contributed by atoms with Gasteiger partial charge < -0.3 is 5.73 Å². The van der Waals surface area contributed by atoms with E-state index in [1.165, 1.54) is 5.69 Å². The van der Waals surface area contributed by atoms with Crippen LogP contribution in [0.4, 0.5) is 0 Å². The normalized spacial score (nSPS) is 20.5. The Morgan fingerprint density at radius 1 is 1.61 bits per heavy atom. The molecule has 2 heterocycles. The zero-order valence-electron chi connectivity index (χ0n) is 10.8. The van der Waals surface area contributed by atoms with Gasteiger partial charge in [0, 0.05) is 13.6 Å². The van der Waals surface area contributed by atoms with E-state index in [0.29, 0.717) is 4.99 Å². The number of aryl methyl sites for hydroxylation is 2. The Kier molecular flexibility index (Phi) is 4.40. The molecule has 0 aliphatic carbocycles. The number of aromatic nitrogens is 2. The van der Waals surface area contributed by atoms with Gasteiger partial charge in [-0.3, -0.25) is 9.58 Å². The molecule has 6 heteroatoms. The summed E-state index contributed by atoms with van der Waals surface area (Å²) in [4.78, 5) is 2.96. The van der Waals surface area contributed by atoms with Crippen molar-refractivity contribution in [1.29, 1.82) is 0 Å². The number of halogens is 1. The van der Waals surface area contributed by atoms with E-state index >= 15 is 0 Å². The lowest BCUT2D eigenvalue weighted by Gasteiger charge is -2.23. The summed E-state index contributed by atoms with van der Waals surface area (Å²) in [6.45, 7) is 4.03. The highest BCUT2D eigenvalue weighted by Gasteiger charge is 2.28. The maximum Gasteiger partial charge on any atom is 0.0902 e. The van der Waals surface area contributed by atoms with E-state index in [-0.39, 0.29) is 6.04 Å². The number of rotatable bonds is 4. The summed E-state index contributed by atoms with van der Waals surface area (Å²) in [5.41, 5.74) is 8.12. The first-order valence-corrected chi connectivity index (χ1v) is 7.48. The number of likely N-dealkylation sites (tertiary alicyclic amines) is 1. The van der Waals surface area contributed by atoms with Crippen molar-refractivity contribution in [3.8, 4) is 0 Å². The minimum atomic E-state index is 0.242. The van der Waals surface area contributed by atoms with Gasteiger partial charge in [0.05, 0.1) is 26.9 Å². The SMILES string of the molecule is CCc1nn(C)c(CN2CCCC2C(N)=S)c1Br. The molecule has 2 rings (SSSR count). The lowest BCUT2D eigenvalue weighted by molar-refractivity contribution is 0.286. The van der Waals surface area contributed by atoms with Crippen LogP contribution in [0.2, 0.25) is 0 Å². The summed E-state index contributed by atoms with van der Waals surface area (Å²) in [6.07, 6.45) is 3.18. The number of hydrogen-bond donors (Lipinski definition) is 1. The number of nitrogens with two attached hydrogens (primary N) is 1. The molecule has 0 amide bonds. The average molecular weight is 331 g/mol. The van der Waals surface area contributed by atoms with E-state index in [0.717, 1.165) is 42.5 Å². The third kappa shape index (κ3) is 2.60. The van der Waals surface area contributed by atoms with Crippen LogP contribution in [0, 0.1) is 0 Å². The molecule has 18 heavy (non-hydrogen) atoms. The molecule has 1 saturated heterocycles. The van der Waals surface area contributed by atoms with Crippen molar-refractivity contribution >= 4 is 33.1 Å². The fourth-order valence-corrected chi connectivity index (χ4v) is 3.53. The minimum absolute atomic E-state index is 0.242. The molecule has 1 aliphatic heterocycles. The van der Waals surface area contributed by atoms with Crippen LogP contribution in [-0.2, 0) is 20.0 Å². The molecule has 1 atom stereocenters. The highest BCUT2D eigenvalue weighted by Crippen LogP contribution is 2.26. The van der Waals surface area contributed by atoms with E-state index in [4.69, 9.17) is 18.0 Å². The summed E-state index contributed by atoms with van der Waals surface area (Å²) in [7, 11) is 1.99. The quantitative estimate of drug-likeness (QED) is 0.858. The Morgan fingerprint density at radius 2 is 2.33 bits per heavy atom. The van der Waals surface area contributed by atoms with Crippen molar-refractivity contribution in [3.63, 3.8) is 0 Å². The van der Waals surface area contributed by atoms with E-state index in [9.17, 15) is 0 Å². The summed E-state index contributed by atoms with van der Waals surface area (Å²) < 4.78 is 3.08. The molecule has 4 nitrogen and oxygen atoms in total. The molecule has 0 radical (unpaired) electrons. The smallest absolute Gasteiger partial charge is 0.0902 e. The fourth-order valence-electron chi connectivity index (χ4n) is 2.52. The van der Waals surface area contributed by atoms with Crippen LogP contribution < -0.4 is 5.73 Å². The zero-order valence-corrected chi connectivity index (χ0v) is 13.2. The second-order valence-corrected chi connectivity index (χ2v) is 5.98. The maximum absolute atomic E-state index is 5.80. The van der Waals surface area contributed by atoms with Gasteiger partial charge in [-0.1, -0.05) is 19.1 Å². The standard InChI is InChI=1S/C12H19BrN4S/c1-3-8-11(13)10(16(2)15-8)7-17-6-4-5-9(17)12(14)18/h9H,3-7H2,1-2H3,(H2,14,18). The summed E-state index contributed by atoms with van der Waals surface area (Å²) in [6, 6.07) is 0.242. The largest absolute Gasteiger partial charge is 0.392 e. The van der Waals surface area contributed by atoms with Crippen LogP contribution in [0.1, 0.15) is 31.2 Å². The van der Waals surface area contributed by atoms with Crippen molar-refractivity contribution < 1.29 is 0 Å². The Hall–Kier alpha value is -0.460. The van der Waals surface area contributed by atoms with Gasteiger partial charge in [0.15, 0.2) is 0 Å². The number of hydrogen-bond acceptors (Lipinski definition) is 3. The van der Waals surface area contributed by atoms with Gasteiger partial charge in [-0.05, 0) is 41.7 Å². The highest BCUT2D eigenvalue weighted by molar-refractivity contribution is 9.10. The molecule has 100 valence electrons. The minimum Gasteiger partial charge on any atom is -0.392 e. The number of nitrogens with zero attached hydrogens (tertiary/aromatic N) is 3. The summed E-state index contributed by atoms with van der Waals surface area (Å²) in [5.74, 6) is 0. The predicted octanol–water partition coefficient (Wildman–Crippen LogP) is 2.00. The third-order valence-corrected chi connectivity index (χ3v) is 4.74. The van der Waals surface area contributed by atoms with Crippen LogP contribution >= 0.6 is 28.1 Å². The van der Waals surface area contributed by atoms with Gasteiger partial charge in [-0.2, -0.15) is 5.10 Å². The molecule has 2 N–H and O–H groups in total. The van der Waals surface area contributed by atoms with Gasteiger partial charge in [0.2, 0.25) is 0 Å². The first kappa shape index (κ1) is 14.0. The topological polar surface area (TPSA) is 47.1 Å². The summed E-state index contributed by atoms with van der Waals surface area (Å²) >= 11 is 8.80. The molecule has 1 aromatic heterocycles. The zero-order chi connectivity index (χ0) is 13.3. The van der Waals surface area contributed by atoms with Crippen molar-refractivity contribution in [2.45, 2.75) is 38.8 Å². The molecule has 0 spiro atoms. The van der Waals surface area contributed by atoms with Gasteiger partial charge in [-0.25, -0.2) is 0 Å². The number of thiocarbonyl (C=S) groups is 1. The monoisotopic (exact) mass is 330 g/mol. The van der Waals surface area contributed by atoms with E-state index in [2.05, 4.69) is 32.9 Å². The molecular formula is C12H19BrN4S. The lowest BCUT2D eigenvalue weighted by Crippen LogP contribution is -2.39. The van der Waals surface area contributed by atoms with E-state index < -0.39 is 0 Å². The van der Waals surface area contributed by atoms with E-state index in [1.807, 2.05) is 11.7 Å². The van der Waals surface area contributed by atoms with E-state index in [1.54, 1.807) is 0 Å². The van der Waals surface area contributed by atoms with Crippen molar-refractivity contribution in [2.24, 2.45) is 12.8 Å². The van der Waals surface area contributed by atoms with Crippen LogP contribution in [0.15, 0.2) is 4.47 Å². The van der Waals surface area contributed by atoms with Gasteiger partial charge in [0.25, 0.3) is 0 Å². The Balaban J connectivity index is 2.19. The Bertz CT molecular complexity index is 457. The molecule has 0 aromatic carbocycles. The van der Waals surface area contributed by atoms with Crippen molar-refractivity contribution in [2.75, 3.05) is 6.54 Å². The van der Waals surface area contributed by atoms with Gasteiger partial charge >= 0.3 is 0 Å². The van der Waals surface area contributed by atoms with Crippen LogP contribution in [0.5, 0.6) is 0 Å². The van der Waals surface area contributed by atoms with Crippen LogP contribution in [-0.4, -0.2) is 32.3 Å². The molecule has 0 bridgehead atoms. The lowest BCUT2D eigenvalue weighted by atomic mass is 10.2. The molecular weight excluding hydrogens is 312 g/mol. The third-order valence-electron chi connectivity index (χ3n) is 3.55. The second kappa shape index (κ2) is 5.67. The fraction of sp³-hybridized carbons (Fsp3) is 0.667. The molecule has 0 saturated carbocycles. The van der Waals surface area contributed by atoms with Crippen molar-refractivity contribution in [1.82, 2.24) is 14.7 Å². The first-order valence-electron chi connectivity index (χ1n) is 6.28. The molecule has 1 fully saturated rings. The van der Waals surface area contributed by atoms with Crippen LogP contribution in [0.25, 0.3) is 0 Å². The Morgan fingerprint density at radius 3 is 2.89 bits per heavy atom. The van der Waals surface area contributed by atoms with Gasteiger partial charge in [-0.15, -0.1) is 0 Å². The maximum atomic E-state index is 5.80. The molecule has 1 aromatic rings. The van der Waals surface area contributed by atoms with Crippen molar-refractivity contribution in [3.05, 3.63) is 15.9 Å². The average Bonchev–Trinajstić information content (AvgIpc) is 2.88. The summed E-state index contributed by atoms with van der Waals surface area (Å²) in [5, 5.41) is 4.52. The molecule has 1 aliphatic rings. The highest BCUT2D eigenvalue weighted by atomic mass is 79.9.